The molecule has 2 aromatic carbocycles. The van der Waals surface area contributed by atoms with Crippen molar-refractivity contribution in [3.8, 4) is 0 Å². The van der Waals surface area contributed by atoms with E-state index in [2.05, 4.69) is 5.32 Å². The molecule has 2 aromatic rings. The average molecular weight is 384 g/mol. The molecule has 2 amide bonds. The van der Waals surface area contributed by atoms with Gasteiger partial charge in [0.2, 0.25) is 0 Å². The molecule has 1 fully saturated rings. The molecule has 0 aliphatic carbocycles. The van der Waals surface area contributed by atoms with Gasteiger partial charge < -0.3 is 25.1 Å². The van der Waals surface area contributed by atoms with Crippen LogP contribution < -0.4 is 15.5 Å². The highest BCUT2D eigenvalue weighted by atomic mass is 32.2. The van der Waals surface area contributed by atoms with Crippen molar-refractivity contribution in [3.05, 3.63) is 65.2 Å². The normalized spacial score (nSPS) is 16.4. The number of thioether (sulfide) groups is 1. The molecule has 1 saturated heterocycles. The van der Waals surface area contributed by atoms with Crippen molar-refractivity contribution in [1.82, 2.24) is 4.90 Å². The third-order valence-corrected chi connectivity index (χ3v) is 4.84. The Morgan fingerprint density at radius 2 is 1.78 bits per heavy atom. The van der Waals surface area contributed by atoms with Crippen LogP contribution in [0.2, 0.25) is 0 Å². The molecule has 1 atom stereocenters. The first-order valence-corrected chi connectivity index (χ1v) is 8.64. The molecule has 27 heavy (non-hydrogen) atoms. The van der Waals surface area contributed by atoms with Crippen molar-refractivity contribution in [2.45, 2.75) is 11.9 Å². The summed E-state index contributed by atoms with van der Waals surface area (Å²) >= 11 is 0.711. The zero-order valence-electron chi connectivity index (χ0n) is 13.7. The predicted octanol–water partition coefficient (Wildman–Crippen LogP) is 0.0472. The van der Waals surface area contributed by atoms with Gasteiger partial charge in [0.05, 0.1) is 18.5 Å². The summed E-state index contributed by atoms with van der Waals surface area (Å²) in [4.78, 5) is 47.8. The molecule has 138 valence electrons. The Labute approximate surface area is 157 Å². The number of carbonyl (C=O) groups excluding carboxylic acids is 4. The number of aromatic carboxylic acids is 2. The second kappa shape index (κ2) is 7.50. The van der Waals surface area contributed by atoms with E-state index in [0.29, 0.717) is 17.3 Å². The summed E-state index contributed by atoms with van der Waals surface area (Å²) in [5.41, 5.74) is 0.432. The van der Waals surface area contributed by atoms with E-state index in [1.807, 2.05) is 0 Å². The minimum absolute atomic E-state index is 0.0585. The molecule has 0 aromatic heterocycles. The van der Waals surface area contributed by atoms with Gasteiger partial charge in [0.15, 0.2) is 5.37 Å². The summed E-state index contributed by atoms with van der Waals surface area (Å²) in [6, 6.07) is 11.7. The van der Waals surface area contributed by atoms with E-state index in [9.17, 15) is 29.4 Å². The number of carboxylic acids is 2. The van der Waals surface area contributed by atoms with Crippen LogP contribution in [0.3, 0.4) is 0 Å². The fraction of sp³-hybridized carbons (Fsp3) is 0.111. The molecule has 0 spiro atoms. The number of rotatable bonds is 6. The Bertz CT molecular complexity index is 945. The largest absolute Gasteiger partial charge is 0.545 e. The number of carboxylic acid groups (broad SMARTS) is 2. The minimum atomic E-state index is -1.41. The van der Waals surface area contributed by atoms with E-state index in [1.54, 1.807) is 12.1 Å². The Morgan fingerprint density at radius 3 is 2.48 bits per heavy atom. The van der Waals surface area contributed by atoms with Gasteiger partial charge in [-0.05, 0) is 35.0 Å². The number of imide groups is 1. The van der Waals surface area contributed by atoms with Crippen LogP contribution in [0.15, 0.2) is 48.5 Å². The second-order valence-corrected chi connectivity index (χ2v) is 6.71. The van der Waals surface area contributed by atoms with Crippen LogP contribution in [0.25, 0.3) is 0 Å². The maximum Gasteiger partial charge on any atom is 0.291 e. The van der Waals surface area contributed by atoms with Crippen LogP contribution in [0.1, 0.15) is 26.3 Å². The molecule has 3 rings (SSSR count). The van der Waals surface area contributed by atoms with Crippen LogP contribution in [-0.4, -0.2) is 33.4 Å². The molecule has 1 N–H and O–H groups in total. The summed E-state index contributed by atoms with van der Waals surface area (Å²) in [6.07, 6.45) is 0. The molecule has 8 nitrogen and oxygen atoms in total. The summed E-state index contributed by atoms with van der Waals surface area (Å²) in [6.45, 7) is -0.105. The third-order valence-electron chi connectivity index (χ3n) is 3.87. The Hall–Kier alpha value is -3.33. The first kappa shape index (κ1) is 18.5. The molecular formula is C18H12N2O6S-2. The second-order valence-electron chi connectivity index (χ2n) is 5.65. The average Bonchev–Trinajstić information content (AvgIpc) is 2.89. The fourth-order valence-corrected chi connectivity index (χ4v) is 3.48. The first-order chi connectivity index (χ1) is 12.9. The molecule has 9 heteroatoms. The number of nitrogens with one attached hydrogen (secondary N) is 1. The lowest BCUT2D eigenvalue weighted by Gasteiger charge is -2.17. The van der Waals surface area contributed by atoms with Crippen molar-refractivity contribution in [2.75, 3.05) is 5.32 Å². The van der Waals surface area contributed by atoms with Gasteiger partial charge in [-0.1, -0.05) is 36.4 Å². The number of nitrogens with zero attached hydrogens (tertiary/aromatic N) is 1. The van der Waals surface area contributed by atoms with Crippen LogP contribution in [0.5, 0.6) is 0 Å². The Balaban J connectivity index is 1.77. The predicted molar refractivity (Wildman–Crippen MR) is 92.5 cm³/mol. The summed E-state index contributed by atoms with van der Waals surface area (Å²) in [5.74, 6) is -3.32. The van der Waals surface area contributed by atoms with Crippen molar-refractivity contribution >= 4 is 40.5 Å². The highest BCUT2D eigenvalue weighted by molar-refractivity contribution is 8.15. The van der Waals surface area contributed by atoms with Gasteiger partial charge in [-0.2, -0.15) is 0 Å². The summed E-state index contributed by atoms with van der Waals surface area (Å²) in [5, 5.41) is 23.3. The number of benzene rings is 2. The number of hydrogen-bond acceptors (Lipinski definition) is 8. The zero-order valence-corrected chi connectivity index (χ0v) is 14.5. The summed E-state index contributed by atoms with van der Waals surface area (Å²) in [7, 11) is 0. The topological polar surface area (TPSA) is 130 Å². The molecule has 1 aliphatic heterocycles. The molecule has 1 heterocycles. The number of amides is 2. The van der Waals surface area contributed by atoms with E-state index >= 15 is 0 Å². The monoisotopic (exact) mass is 384 g/mol. The first-order valence-electron chi connectivity index (χ1n) is 7.76. The number of para-hydroxylation sites is 1. The molecule has 0 unspecified atom stereocenters. The number of carbonyl (C=O) groups is 4. The molecule has 1 aliphatic rings. The van der Waals surface area contributed by atoms with Gasteiger partial charge in [0.1, 0.15) is 0 Å². The van der Waals surface area contributed by atoms with E-state index < -0.39 is 28.5 Å². The van der Waals surface area contributed by atoms with Gasteiger partial charge in [0.25, 0.3) is 11.1 Å². The highest BCUT2D eigenvalue weighted by Gasteiger charge is 2.39. The molecule has 0 bridgehead atoms. The number of anilines is 1. The summed E-state index contributed by atoms with van der Waals surface area (Å²) < 4.78 is 0. The van der Waals surface area contributed by atoms with Crippen molar-refractivity contribution in [3.63, 3.8) is 0 Å². The SMILES string of the molecule is O=C([O-])c1cccc(CN2C(=O)S[C@@H](Nc3ccccc3C(=O)[O-])C2=O)c1. The van der Waals surface area contributed by atoms with E-state index in [4.69, 9.17) is 0 Å². The van der Waals surface area contributed by atoms with Gasteiger partial charge in [-0.15, -0.1) is 0 Å². The van der Waals surface area contributed by atoms with Gasteiger partial charge in [-0.25, -0.2) is 0 Å². The Morgan fingerprint density at radius 1 is 1.04 bits per heavy atom. The lowest BCUT2D eigenvalue weighted by molar-refractivity contribution is -0.256. The van der Waals surface area contributed by atoms with Crippen LogP contribution in [0, 0.1) is 0 Å². The molecule has 0 saturated carbocycles. The van der Waals surface area contributed by atoms with Gasteiger partial charge in [0, 0.05) is 11.3 Å². The van der Waals surface area contributed by atoms with Crippen LogP contribution >= 0.6 is 11.8 Å². The zero-order chi connectivity index (χ0) is 19.6. The van der Waals surface area contributed by atoms with Crippen LogP contribution in [-0.2, 0) is 11.3 Å². The quantitative estimate of drug-likeness (QED) is 0.739. The van der Waals surface area contributed by atoms with Crippen molar-refractivity contribution in [2.24, 2.45) is 0 Å². The Kier molecular flexibility index (Phi) is 5.13. The molecular weight excluding hydrogens is 372 g/mol. The van der Waals surface area contributed by atoms with Crippen molar-refractivity contribution in [1.29, 1.82) is 0 Å². The van der Waals surface area contributed by atoms with E-state index in [0.717, 1.165) is 4.90 Å². The minimum Gasteiger partial charge on any atom is -0.545 e. The smallest absolute Gasteiger partial charge is 0.291 e. The van der Waals surface area contributed by atoms with E-state index in [-0.39, 0.29) is 23.4 Å². The van der Waals surface area contributed by atoms with Gasteiger partial charge in [-0.3, -0.25) is 14.5 Å². The number of hydrogen-bond donors (Lipinski definition) is 1. The standard InChI is InChI=1S/C18H14N2O6S/c21-15-14(19-13-7-2-1-6-12(13)17(24)25)27-18(26)20(15)9-10-4-3-5-11(8-10)16(22)23/h1-8,14,19H,9H2,(H,22,23)(H,24,25)/p-2/t14-/m1/s1. The maximum atomic E-state index is 12.6. The molecule has 0 radical (unpaired) electrons. The van der Waals surface area contributed by atoms with Crippen molar-refractivity contribution < 1.29 is 29.4 Å². The van der Waals surface area contributed by atoms with Crippen LogP contribution in [0.4, 0.5) is 10.5 Å². The maximum absolute atomic E-state index is 12.6. The third kappa shape index (κ3) is 3.93. The van der Waals surface area contributed by atoms with E-state index in [1.165, 1.54) is 36.4 Å². The highest BCUT2D eigenvalue weighted by Crippen LogP contribution is 2.30. The van der Waals surface area contributed by atoms with Gasteiger partial charge >= 0.3 is 0 Å². The fourth-order valence-electron chi connectivity index (χ4n) is 2.59. The lowest BCUT2D eigenvalue weighted by atomic mass is 10.1. The lowest BCUT2D eigenvalue weighted by Crippen LogP contribution is -2.34.